The van der Waals surface area contributed by atoms with Gasteiger partial charge in [-0.05, 0) is 42.0 Å². The third kappa shape index (κ3) is 5.00. The molecule has 27 heavy (non-hydrogen) atoms. The van der Waals surface area contributed by atoms with Crippen LogP contribution in [-0.2, 0) is 6.54 Å². The zero-order valence-corrected chi connectivity index (χ0v) is 15.0. The second-order valence-electron chi connectivity index (χ2n) is 5.71. The van der Waals surface area contributed by atoms with Gasteiger partial charge in [0.15, 0.2) is 0 Å². The quantitative estimate of drug-likeness (QED) is 0.279. The number of aromatic nitrogens is 3. The zero-order chi connectivity index (χ0) is 19.1. The molecule has 0 aliphatic carbocycles. The number of allylic oxidation sites excluding steroid dienone is 3. The monoisotopic (exact) mass is 374 g/mol. The van der Waals surface area contributed by atoms with Crippen LogP contribution in [0.25, 0.3) is 6.08 Å². The highest BCUT2D eigenvalue weighted by Gasteiger charge is 2.10. The van der Waals surface area contributed by atoms with Crippen molar-refractivity contribution in [2.24, 2.45) is 0 Å². The fraction of sp³-hybridized carbons (Fsp3) is 0.0476. The van der Waals surface area contributed by atoms with Crippen molar-refractivity contribution in [2.45, 2.75) is 6.54 Å². The van der Waals surface area contributed by atoms with Gasteiger partial charge in [-0.3, -0.25) is 4.79 Å². The molecule has 0 unspecified atom stereocenters. The maximum Gasteiger partial charge on any atom is 0.203 e. The van der Waals surface area contributed by atoms with Gasteiger partial charge in [-0.15, -0.1) is 5.10 Å². The molecule has 0 fully saturated rings. The molecule has 132 valence electrons. The Bertz CT molecular complexity index is 1030. The lowest BCUT2D eigenvalue weighted by molar-refractivity contribution is 0.103. The number of nitrogens with zero attached hydrogens (tertiary/aromatic N) is 4. The van der Waals surface area contributed by atoms with E-state index in [9.17, 15) is 10.1 Å². The first-order chi connectivity index (χ1) is 13.2. The molecule has 0 saturated carbocycles. The number of carbonyl (C=O) groups is 1. The second-order valence-corrected chi connectivity index (χ2v) is 6.15. The Morgan fingerprint density at radius 3 is 2.59 bits per heavy atom. The standard InChI is InChI=1S/C21H15ClN4O/c22-19-11-9-17(10-12-19)21(27)18(13-23)7-4-8-20-15-26(25-24-20)14-16-5-2-1-3-6-16/h1-12,15H,14H2/b8-4+,18-7+. The van der Waals surface area contributed by atoms with Crippen LogP contribution in [0.4, 0.5) is 0 Å². The van der Waals surface area contributed by atoms with Crippen LogP contribution in [-0.4, -0.2) is 20.8 Å². The Kier molecular flexibility index (Phi) is 5.93. The van der Waals surface area contributed by atoms with Gasteiger partial charge in [-0.1, -0.05) is 53.2 Å². The first-order valence-electron chi connectivity index (χ1n) is 8.18. The van der Waals surface area contributed by atoms with E-state index in [1.54, 1.807) is 47.3 Å². The molecule has 0 aliphatic heterocycles. The summed E-state index contributed by atoms with van der Waals surface area (Å²) in [5.41, 5.74) is 2.20. The fourth-order valence-corrected chi connectivity index (χ4v) is 2.53. The van der Waals surface area contributed by atoms with E-state index < -0.39 is 0 Å². The third-order valence-corrected chi connectivity index (χ3v) is 4.00. The molecule has 0 aliphatic rings. The van der Waals surface area contributed by atoms with Crippen LogP contribution in [0, 0.1) is 11.3 Å². The minimum absolute atomic E-state index is 0.0326. The number of hydrogen-bond acceptors (Lipinski definition) is 4. The van der Waals surface area contributed by atoms with Crippen molar-refractivity contribution in [1.82, 2.24) is 15.0 Å². The summed E-state index contributed by atoms with van der Waals surface area (Å²) in [6, 6.07) is 18.3. The number of benzene rings is 2. The van der Waals surface area contributed by atoms with E-state index in [-0.39, 0.29) is 11.4 Å². The van der Waals surface area contributed by atoms with Crippen molar-refractivity contribution < 1.29 is 4.79 Å². The molecule has 6 heteroatoms. The first kappa shape index (κ1) is 18.3. The molecule has 3 aromatic rings. The number of nitriles is 1. The molecule has 0 amide bonds. The summed E-state index contributed by atoms with van der Waals surface area (Å²) in [5.74, 6) is -0.355. The van der Waals surface area contributed by atoms with Gasteiger partial charge in [0, 0.05) is 10.6 Å². The summed E-state index contributed by atoms with van der Waals surface area (Å²) in [5, 5.41) is 17.9. The third-order valence-electron chi connectivity index (χ3n) is 3.75. The highest BCUT2D eigenvalue weighted by atomic mass is 35.5. The summed E-state index contributed by atoms with van der Waals surface area (Å²) >= 11 is 5.82. The highest BCUT2D eigenvalue weighted by Crippen LogP contribution is 2.13. The molecule has 0 radical (unpaired) electrons. The van der Waals surface area contributed by atoms with Gasteiger partial charge in [-0.2, -0.15) is 5.26 Å². The fourth-order valence-electron chi connectivity index (χ4n) is 2.40. The van der Waals surface area contributed by atoms with Gasteiger partial charge < -0.3 is 0 Å². The Hall–Kier alpha value is -3.49. The maximum absolute atomic E-state index is 12.3. The smallest absolute Gasteiger partial charge is 0.203 e. The Labute approximate surface area is 161 Å². The van der Waals surface area contributed by atoms with Crippen molar-refractivity contribution in [2.75, 3.05) is 0 Å². The SMILES string of the molecule is N#C/C(=C\C=C\c1cn(Cc2ccccc2)nn1)C(=O)c1ccc(Cl)cc1. The lowest BCUT2D eigenvalue weighted by Crippen LogP contribution is -2.01. The van der Waals surface area contributed by atoms with Crippen LogP contribution < -0.4 is 0 Å². The molecule has 3 rings (SSSR count). The van der Waals surface area contributed by atoms with E-state index in [1.807, 2.05) is 36.4 Å². The number of ketones is 1. The number of hydrogen-bond donors (Lipinski definition) is 0. The van der Waals surface area contributed by atoms with Gasteiger partial charge >= 0.3 is 0 Å². The lowest BCUT2D eigenvalue weighted by atomic mass is 10.0. The van der Waals surface area contributed by atoms with Gasteiger partial charge in [0.2, 0.25) is 5.78 Å². The van der Waals surface area contributed by atoms with E-state index in [2.05, 4.69) is 10.3 Å². The summed E-state index contributed by atoms with van der Waals surface area (Å²) in [6.07, 6.45) is 6.57. The van der Waals surface area contributed by atoms with Crippen molar-refractivity contribution in [3.8, 4) is 6.07 Å². The highest BCUT2D eigenvalue weighted by molar-refractivity contribution is 6.30. The number of Topliss-reactive ketones (excluding diaryl/α,β-unsaturated/α-hetero) is 1. The maximum atomic E-state index is 12.3. The molecular weight excluding hydrogens is 360 g/mol. The van der Waals surface area contributed by atoms with Crippen LogP contribution in [0.1, 0.15) is 21.6 Å². The first-order valence-corrected chi connectivity index (χ1v) is 8.56. The molecular formula is C21H15ClN4O. The predicted octanol–water partition coefficient (Wildman–Crippen LogP) is 4.33. The Morgan fingerprint density at radius 1 is 1.15 bits per heavy atom. The van der Waals surface area contributed by atoms with Crippen LogP contribution >= 0.6 is 11.6 Å². The molecule has 2 aromatic carbocycles. The molecule has 0 saturated heterocycles. The van der Waals surface area contributed by atoms with E-state index >= 15 is 0 Å². The molecule has 0 atom stereocenters. The lowest BCUT2D eigenvalue weighted by Gasteiger charge is -1.99. The average molecular weight is 375 g/mol. The van der Waals surface area contributed by atoms with E-state index in [1.165, 1.54) is 6.08 Å². The average Bonchev–Trinajstić information content (AvgIpc) is 3.13. The largest absolute Gasteiger partial charge is 0.288 e. The topological polar surface area (TPSA) is 71.6 Å². The zero-order valence-electron chi connectivity index (χ0n) is 14.3. The van der Waals surface area contributed by atoms with Crippen LogP contribution in [0.15, 0.2) is 78.5 Å². The minimum atomic E-state index is -0.355. The van der Waals surface area contributed by atoms with Gasteiger partial charge in [0.1, 0.15) is 11.8 Å². The predicted molar refractivity (Wildman–Crippen MR) is 104 cm³/mol. The molecule has 5 nitrogen and oxygen atoms in total. The second kappa shape index (κ2) is 8.75. The summed E-state index contributed by atoms with van der Waals surface area (Å²) in [4.78, 5) is 12.3. The summed E-state index contributed by atoms with van der Waals surface area (Å²) in [7, 11) is 0. The number of rotatable bonds is 6. The number of halogens is 1. The molecule has 1 heterocycles. The van der Waals surface area contributed by atoms with Crippen molar-refractivity contribution >= 4 is 23.5 Å². The van der Waals surface area contributed by atoms with Crippen molar-refractivity contribution in [3.05, 3.63) is 100 Å². The van der Waals surface area contributed by atoms with E-state index in [4.69, 9.17) is 11.6 Å². The summed E-state index contributed by atoms with van der Waals surface area (Å²) < 4.78 is 1.72. The van der Waals surface area contributed by atoms with E-state index in [0.717, 1.165) is 5.56 Å². The molecule has 1 aromatic heterocycles. The summed E-state index contributed by atoms with van der Waals surface area (Å²) in [6.45, 7) is 0.621. The van der Waals surface area contributed by atoms with Crippen LogP contribution in [0.3, 0.4) is 0 Å². The van der Waals surface area contributed by atoms with Gasteiger partial charge in [0.25, 0.3) is 0 Å². The Morgan fingerprint density at radius 2 is 1.89 bits per heavy atom. The van der Waals surface area contributed by atoms with Gasteiger partial charge in [-0.25, -0.2) is 4.68 Å². The number of carbonyl (C=O) groups excluding carboxylic acids is 1. The van der Waals surface area contributed by atoms with Crippen molar-refractivity contribution in [1.29, 1.82) is 5.26 Å². The van der Waals surface area contributed by atoms with Crippen LogP contribution in [0.2, 0.25) is 5.02 Å². The van der Waals surface area contributed by atoms with Crippen molar-refractivity contribution in [3.63, 3.8) is 0 Å². The minimum Gasteiger partial charge on any atom is -0.288 e. The van der Waals surface area contributed by atoms with Gasteiger partial charge in [0.05, 0.1) is 18.3 Å². The normalized spacial score (nSPS) is 11.5. The molecule has 0 N–H and O–H groups in total. The molecule has 0 bridgehead atoms. The van der Waals surface area contributed by atoms with Crippen LogP contribution in [0.5, 0.6) is 0 Å². The van der Waals surface area contributed by atoms with E-state index in [0.29, 0.717) is 22.8 Å². The Balaban J connectivity index is 1.68. The molecule has 0 spiro atoms.